The Morgan fingerprint density at radius 2 is 1.86 bits per heavy atom. The molecular formula is C38H48N4O9. The molecular weight excluding hydrogens is 656 g/mol. The Morgan fingerprint density at radius 1 is 1.10 bits per heavy atom. The SMILES string of the molecule is CN(C)c1ccc(C=C2C=C(C=CC3C4Cn5ccnc5N=C4CC4[C@]3(C)CC[C@@H](OC3OC(CO)C(O)C(O)C3O)[C@@]4(C)CO)C(=O)O2)cc1. The number of aliphatic hydroxyl groups is 5. The number of ether oxygens (including phenoxy) is 3. The number of carbonyl (C=O) groups excluding carboxylic acids is 1. The van der Waals surface area contributed by atoms with Crippen LogP contribution >= 0.6 is 0 Å². The van der Waals surface area contributed by atoms with Crippen molar-refractivity contribution in [2.75, 3.05) is 32.2 Å². The highest BCUT2D eigenvalue weighted by Gasteiger charge is 2.61. The minimum Gasteiger partial charge on any atom is -0.423 e. The van der Waals surface area contributed by atoms with Crippen LogP contribution < -0.4 is 4.90 Å². The first kappa shape index (κ1) is 35.7. The third-order valence-corrected chi connectivity index (χ3v) is 12.1. The van der Waals surface area contributed by atoms with Gasteiger partial charge in [0, 0.05) is 55.8 Å². The highest BCUT2D eigenvalue weighted by molar-refractivity contribution is 5.96. The van der Waals surface area contributed by atoms with E-state index in [-0.39, 0.29) is 29.8 Å². The zero-order valence-corrected chi connectivity index (χ0v) is 29.4. The van der Waals surface area contributed by atoms with Crippen molar-refractivity contribution in [3.8, 4) is 0 Å². The zero-order chi connectivity index (χ0) is 36.2. The molecule has 3 fully saturated rings. The normalized spacial score (nSPS) is 38.5. The number of aromatic nitrogens is 2. The molecule has 0 bridgehead atoms. The second kappa shape index (κ2) is 13.7. The fraction of sp³-hybridized carbons (Fsp3) is 0.553. The Kier molecular flexibility index (Phi) is 9.59. The van der Waals surface area contributed by atoms with Crippen molar-refractivity contribution in [1.82, 2.24) is 9.55 Å². The van der Waals surface area contributed by atoms with Crippen LogP contribution in [-0.4, -0.2) is 111 Å². The number of allylic oxidation sites excluding steroid dienone is 2. The lowest BCUT2D eigenvalue weighted by molar-refractivity contribution is -0.329. The maximum atomic E-state index is 13.1. The topological polar surface area (TPSA) is 179 Å². The molecule has 13 heteroatoms. The standard InChI is InChI=1S/C38H48N4O9/c1-37-12-11-30(51-35-33(47)32(46)31(45)28(19-43)50-35)38(2,20-44)29(37)17-27-25(18-42-14-13-39-36(42)40-27)26(37)10-7-22-16-24(49-34(22)48)15-21-5-8-23(9-6-21)41(3)4/h5-10,13-16,25-26,28-33,35,43-47H,11-12,17-20H2,1-4H3/t25?,26?,28?,29?,30-,31?,32?,33?,35?,37-,38+/m1/s1. The number of aliphatic hydroxyl groups excluding tert-OH is 5. The van der Waals surface area contributed by atoms with Crippen LogP contribution in [0.15, 0.2) is 71.2 Å². The van der Waals surface area contributed by atoms with Crippen molar-refractivity contribution in [1.29, 1.82) is 0 Å². The molecule has 2 saturated carbocycles. The van der Waals surface area contributed by atoms with E-state index in [2.05, 4.69) is 18.0 Å². The molecule has 0 radical (unpaired) electrons. The molecule has 0 spiro atoms. The summed E-state index contributed by atoms with van der Waals surface area (Å²) in [5, 5.41) is 52.4. The lowest BCUT2D eigenvalue weighted by atomic mass is 9.45. The average molecular weight is 705 g/mol. The summed E-state index contributed by atoms with van der Waals surface area (Å²) >= 11 is 0. The highest BCUT2D eigenvalue weighted by atomic mass is 16.7. The van der Waals surface area contributed by atoms with E-state index in [9.17, 15) is 30.3 Å². The van der Waals surface area contributed by atoms with Crippen molar-refractivity contribution in [3.63, 3.8) is 0 Å². The summed E-state index contributed by atoms with van der Waals surface area (Å²) < 4.78 is 19.8. The molecule has 7 rings (SSSR count). The van der Waals surface area contributed by atoms with Crippen molar-refractivity contribution >= 4 is 29.4 Å². The monoisotopic (exact) mass is 704 g/mol. The van der Waals surface area contributed by atoms with Crippen molar-refractivity contribution < 1.29 is 44.5 Å². The number of fused-ring (bicyclic) bond motifs is 3. The first-order valence-electron chi connectivity index (χ1n) is 17.6. The Hall–Kier alpha value is -3.69. The van der Waals surface area contributed by atoms with Crippen molar-refractivity contribution in [3.05, 3.63) is 71.8 Å². The number of carbonyl (C=O) groups is 1. The maximum absolute atomic E-state index is 13.1. The number of benzene rings is 1. The molecule has 5 aliphatic rings. The number of cyclic esters (lactones) is 1. The molecule has 8 unspecified atom stereocenters. The number of nitrogens with zero attached hydrogens (tertiary/aromatic N) is 4. The predicted molar refractivity (Wildman–Crippen MR) is 188 cm³/mol. The van der Waals surface area contributed by atoms with Gasteiger partial charge in [-0.25, -0.2) is 14.8 Å². The average Bonchev–Trinajstić information content (AvgIpc) is 3.72. The molecule has 13 nitrogen and oxygen atoms in total. The summed E-state index contributed by atoms with van der Waals surface area (Å²) in [7, 11) is 3.96. The molecule has 51 heavy (non-hydrogen) atoms. The number of esters is 1. The van der Waals surface area contributed by atoms with Gasteiger partial charge in [-0.3, -0.25) is 0 Å². The van der Waals surface area contributed by atoms with E-state index < -0.39 is 54.8 Å². The quantitative estimate of drug-likeness (QED) is 0.201. The Labute approximate surface area is 297 Å². The number of anilines is 1. The van der Waals surface area contributed by atoms with Gasteiger partial charge in [-0.1, -0.05) is 38.1 Å². The summed E-state index contributed by atoms with van der Waals surface area (Å²) in [5.74, 6) is 0.426. The van der Waals surface area contributed by atoms with Crippen LogP contribution in [0, 0.1) is 28.6 Å². The van der Waals surface area contributed by atoms with Crippen LogP contribution in [0.3, 0.4) is 0 Å². The fourth-order valence-corrected chi connectivity index (χ4v) is 9.03. The van der Waals surface area contributed by atoms with Crippen LogP contribution in [0.2, 0.25) is 0 Å². The summed E-state index contributed by atoms with van der Waals surface area (Å²) in [5.41, 5.74) is 2.17. The molecule has 1 aromatic heterocycles. The lowest BCUT2D eigenvalue weighted by Gasteiger charge is -2.62. The van der Waals surface area contributed by atoms with Gasteiger partial charge in [0.15, 0.2) is 6.29 Å². The zero-order valence-electron chi connectivity index (χ0n) is 29.4. The van der Waals surface area contributed by atoms with Gasteiger partial charge in [0.25, 0.3) is 0 Å². The van der Waals surface area contributed by atoms with E-state index in [0.717, 1.165) is 17.0 Å². The smallest absolute Gasteiger partial charge is 0.343 e. The molecule has 1 aromatic carbocycles. The molecule has 3 aliphatic heterocycles. The Morgan fingerprint density at radius 3 is 2.57 bits per heavy atom. The third kappa shape index (κ3) is 6.28. The van der Waals surface area contributed by atoms with Gasteiger partial charge in [-0.05, 0) is 66.4 Å². The van der Waals surface area contributed by atoms with Crippen LogP contribution in [0.25, 0.3) is 6.08 Å². The minimum atomic E-state index is -1.57. The number of hydrogen-bond donors (Lipinski definition) is 5. The molecule has 2 aliphatic carbocycles. The van der Waals surface area contributed by atoms with Crippen LogP contribution in [-0.2, 0) is 25.5 Å². The fourth-order valence-electron chi connectivity index (χ4n) is 9.03. The second-order valence-corrected chi connectivity index (χ2v) is 15.3. The second-order valence-electron chi connectivity index (χ2n) is 15.3. The number of rotatable bonds is 8. The molecule has 1 saturated heterocycles. The van der Waals surface area contributed by atoms with Gasteiger partial charge < -0.3 is 49.2 Å². The Bertz CT molecular complexity index is 1750. The lowest BCUT2D eigenvalue weighted by Crippen LogP contribution is -2.64. The maximum Gasteiger partial charge on any atom is 0.343 e. The van der Waals surface area contributed by atoms with Crippen LogP contribution in [0.1, 0.15) is 38.7 Å². The van der Waals surface area contributed by atoms with Crippen LogP contribution in [0.5, 0.6) is 0 Å². The van der Waals surface area contributed by atoms with E-state index in [0.29, 0.717) is 43.1 Å². The molecule has 11 atom stereocenters. The van der Waals surface area contributed by atoms with E-state index in [1.54, 1.807) is 12.3 Å². The van der Waals surface area contributed by atoms with Crippen molar-refractivity contribution in [2.24, 2.45) is 33.6 Å². The van der Waals surface area contributed by atoms with Gasteiger partial charge in [-0.15, -0.1) is 0 Å². The first-order chi connectivity index (χ1) is 24.4. The van der Waals surface area contributed by atoms with Gasteiger partial charge in [-0.2, -0.15) is 0 Å². The molecule has 2 aromatic rings. The van der Waals surface area contributed by atoms with E-state index in [4.69, 9.17) is 19.2 Å². The minimum absolute atomic E-state index is 0.0123. The van der Waals surface area contributed by atoms with Crippen LogP contribution in [0.4, 0.5) is 11.6 Å². The number of imidazole rings is 1. The number of hydrogen-bond acceptors (Lipinski definition) is 12. The van der Waals surface area contributed by atoms with E-state index in [1.807, 2.05) is 73.1 Å². The predicted octanol–water partition coefficient (Wildman–Crippen LogP) is 2.35. The third-order valence-electron chi connectivity index (χ3n) is 12.1. The van der Waals surface area contributed by atoms with Gasteiger partial charge in [0.05, 0.1) is 24.9 Å². The summed E-state index contributed by atoms with van der Waals surface area (Å²) in [6, 6.07) is 7.97. The summed E-state index contributed by atoms with van der Waals surface area (Å²) in [4.78, 5) is 24.6. The highest BCUT2D eigenvalue weighted by Crippen LogP contribution is 2.62. The number of aliphatic imine (C=N–C) groups is 1. The molecule has 4 heterocycles. The molecule has 274 valence electrons. The molecule has 5 N–H and O–H groups in total. The Balaban J connectivity index is 1.20. The summed E-state index contributed by atoms with van der Waals surface area (Å²) in [6.45, 7) is 4.07. The van der Waals surface area contributed by atoms with Gasteiger partial charge in [0.2, 0.25) is 5.95 Å². The van der Waals surface area contributed by atoms with E-state index in [1.165, 1.54) is 0 Å². The first-order valence-corrected chi connectivity index (χ1v) is 17.6. The van der Waals surface area contributed by atoms with E-state index >= 15 is 0 Å². The molecule has 0 amide bonds. The largest absolute Gasteiger partial charge is 0.423 e. The van der Waals surface area contributed by atoms with Gasteiger partial charge in [0.1, 0.15) is 30.2 Å². The summed E-state index contributed by atoms with van der Waals surface area (Å²) in [6.07, 6.45) is 5.32. The van der Waals surface area contributed by atoms with Crippen molar-refractivity contribution in [2.45, 2.75) is 76.5 Å². The van der Waals surface area contributed by atoms with Gasteiger partial charge >= 0.3 is 5.97 Å².